The van der Waals surface area contributed by atoms with Crippen molar-refractivity contribution in [3.05, 3.63) is 11.7 Å². The number of methoxy groups -OCH3 is 1. The molecule has 6 heteroatoms. The largest absolute Gasteiger partial charge is 0.382 e. The minimum atomic E-state index is -0.189. The highest BCUT2D eigenvalue weighted by Gasteiger charge is 2.19. The van der Waals surface area contributed by atoms with Crippen molar-refractivity contribution < 1.29 is 14.0 Å². The molecule has 0 saturated carbocycles. The van der Waals surface area contributed by atoms with Gasteiger partial charge in [-0.1, -0.05) is 25.4 Å². The molecule has 1 rings (SSSR count). The topological polar surface area (TPSA) is 83.4 Å². The minimum Gasteiger partial charge on any atom is -0.382 e. The van der Waals surface area contributed by atoms with Crippen LogP contribution in [0.5, 0.6) is 0 Å². The lowest BCUT2D eigenvalue weighted by molar-refractivity contribution is 0.0714. The van der Waals surface area contributed by atoms with E-state index in [4.69, 9.17) is 19.7 Å². The maximum absolute atomic E-state index is 6.01. The molecule has 0 aliphatic rings. The van der Waals surface area contributed by atoms with E-state index in [2.05, 4.69) is 24.0 Å². The number of aromatic nitrogens is 2. The molecule has 1 aromatic heterocycles. The third-order valence-electron chi connectivity index (χ3n) is 2.93. The van der Waals surface area contributed by atoms with Gasteiger partial charge in [-0.15, -0.1) is 0 Å². The molecule has 0 bridgehead atoms. The van der Waals surface area contributed by atoms with Gasteiger partial charge in [0.25, 0.3) is 0 Å². The number of hydrogen-bond donors (Lipinski definition) is 1. The Balaban J connectivity index is 2.34. The van der Waals surface area contributed by atoms with Crippen LogP contribution in [-0.4, -0.2) is 37.1 Å². The number of rotatable bonds is 9. The molecule has 0 fully saturated rings. The summed E-state index contributed by atoms with van der Waals surface area (Å²) in [5, 5.41) is 3.89. The molecule has 104 valence electrons. The van der Waals surface area contributed by atoms with Gasteiger partial charge in [-0.05, 0) is 5.92 Å². The van der Waals surface area contributed by atoms with Gasteiger partial charge in [-0.3, -0.25) is 0 Å². The summed E-state index contributed by atoms with van der Waals surface area (Å²) in [6.07, 6.45) is 1.61. The lowest BCUT2D eigenvalue weighted by Crippen LogP contribution is -2.19. The number of hydrogen-bond acceptors (Lipinski definition) is 6. The van der Waals surface area contributed by atoms with E-state index in [9.17, 15) is 0 Å². The molecule has 2 unspecified atom stereocenters. The van der Waals surface area contributed by atoms with Crippen LogP contribution in [-0.2, 0) is 15.9 Å². The van der Waals surface area contributed by atoms with Crippen LogP contribution in [0.4, 0.5) is 0 Å². The number of ether oxygens (including phenoxy) is 2. The molecular formula is C12H23N3O3. The Hall–Kier alpha value is -0.980. The quantitative estimate of drug-likeness (QED) is 0.672. The smallest absolute Gasteiger partial charge is 0.243 e. The van der Waals surface area contributed by atoms with Crippen LogP contribution in [0.1, 0.15) is 38.0 Å². The van der Waals surface area contributed by atoms with E-state index in [-0.39, 0.29) is 6.04 Å². The highest BCUT2D eigenvalue weighted by Crippen LogP contribution is 2.19. The molecule has 0 saturated heterocycles. The Morgan fingerprint density at radius 1 is 1.33 bits per heavy atom. The Morgan fingerprint density at radius 3 is 2.78 bits per heavy atom. The molecule has 6 nitrogen and oxygen atoms in total. The summed E-state index contributed by atoms with van der Waals surface area (Å²) in [6, 6.07) is -0.189. The first-order valence-corrected chi connectivity index (χ1v) is 6.33. The molecule has 0 radical (unpaired) electrons. The van der Waals surface area contributed by atoms with Crippen LogP contribution in [0.3, 0.4) is 0 Å². The Kier molecular flexibility index (Phi) is 6.85. The standard InChI is InChI=1S/C12H23N3O3/c1-4-9(2)11(13)12-14-10(15-18-12)5-6-17-8-7-16-3/h9,11H,4-8,13H2,1-3H3. The second kappa shape index (κ2) is 8.18. The molecule has 2 atom stereocenters. The summed E-state index contributed by atoms with van der Waals surface area (Å²) in [6.45, 7) is 5.89. The van der Waals surface area contributed by atoms with Crippen molar-refractivity contribution in [2.75, 3.05) is 26.9 Å². The van der Waals surface area contributed by atoms with Crippen LogP contribution in [0.2, 0.25) is 0 Å². The number of nitrogens with zero attached hydrogens (tertiary/aromatic N) is 2. The Labute approximate surface area is 108 Å². The summed E-state index contributed by atoms with van der Waals surface area (Å²) < 4.78 is 15.4. The fraction of sp³-hybridized carbons (Fsp3) is 0.833. The molecule has 1 heterocycles. The Bertz CT molecular complexity index is 330. The fourth-order valence-corrected chi connectivity index (χ4v) is 1.41. The zero-order chi connectivity index (χ0) is 13.4. The summed E-state index contributed by atoms with van der Waals surface area (Å²) in [4.78, 5) is 4.28. The summed E-state index contributed by atoms with van der Waals surface area (Å²) in [7, 11) is 1.64. The van der Waals surface area contributed by atoms with E-state index in [1.807, 2.05) is 0 Å². The number of nitrogens with two attached hydrogens (primary N) is 1. The highest BCUT2D eigenvalue weighted by molar-refractivity contribution is 4.93. The van der Waals surface area contributed by atoms with Gasteiger partial charge < -0.3 is 19.7 Å². The molecular weight excluding hydrogens is 234 g/mol. The zero-order valence-corrected chi connectivity index (χ0v) is 11.4. The molecule has 0 aliphatic heterocycles. The van der Waals surface area contributed by atoms with Crippen molar-refractivity contribution in [3.63, 3.8) is 0 Å². The monoisotopic (exact) mass is 257 g/mol. The fourth-order valence-electron chi connectivity index (χ4n) is 1.41. The molecule has 0 aliphatic carbocycles. The average molecular weight is 257 g/mol. The summed E-state index contributed by atoms with van der Waals surface area (Å²) in [5.74, 6) is 1.48. The predicted molar refractivity (Wildman–Crippen MR) is 67.1 cm³/mol. The van der Waals surface area contributed by atoms with Gasteiger partial charge in [-0.25, -0.2) is 0 Å². The van der Waals surface area contributed by atoms with Crippen LogP contribution in [0, 0.1) is 5.92 Å². The van der Waals surface area contributed by atoms with Gasteiger partial charge in [0.05, 0.1) is 25.9 Å². The van der Waals surface area contributed by atoms with E-state index in [0.29, 0.717) is 43.9 Å². The van der Waals surface area contributed by atoms with E-state index in [1.54, 1.807) is 7.11 Å². The van der Waals surface area contributed by atoms with Crippen molar-refractivity contribution in [2.45, 2.75) is 32.7 Å². The molecule has 0 aromatic carbocycles. The molecule has 2 N–H and O–H groups in total. The average Bonchev–Trinajstić information content (AvgIpc) is 2.85. The van der Waals surface area contributed by atoms with E-state index in [1.165, 1.54) is 0 Å². The highest BCUT2D eigenvalue weighted by atomic mass is 16.5. The second-order valence-electron chi connectivity index (χ2n) is 4.32. The van der Waals surface area contributed by atoms with Gasteiger partial charge >= 0.3 is 0 Å². The van der Waals surface area contributed by atoms with Gasteiger partial charge in [-0.2, -0.15) is 4.98 Å². The first-order valence-electron chi connectivity index (χ1n) is 6.33. The molecule has 1 aromatic rings. The van der Waals surface area contributed by atoms with E-state index >= 15 is 0 Å². The molecule has 0 spiro atoms. The summed E-state index contributed by atoms with van der Waals surface area (Å²) in [5.41, 5.74) is 6.01. The van der Waals surface area contributed by atoms with Crippen LogP contribution in [0.15, 0.2) is 4.52 Å². The van der Waals surface area contributed by atoms with Crippen molar-refractivity contribution in [2.24, 2.45) is 11.7 Å². The van der Waals surface area contributed by atoms with Crippen LogP contribution in [0.25, 0.3) is 0 Å². The first kappa shape index (κ1) is 15.1. The van der Waals surface area contributed by atoms with E-state index in [0.717, 1.165) is 6.42 Å². The second-order valence-corrected chi connectivity index (χ2v) is 4.32. The lowest BCUT2D eigenvalue weighted by Gasteiger charge is -2.12. The van der Waals surface area contributed by atoms with E-state index < -0.39 is 0 Å². The molecule has 0 amide bonds. The SMILES string of the molecule is CCC(C)C(N)c1nc(CCOCCOC)no1. The van der Waals surface area contributed by atoms with Gasteiger partial charge in [0, 0.05) is 13.5 Å². The van der Waals surface area contributed by atoms with Crippen LogP contribution < -0.4 is 5.73 Å². The third-order valence-corrected chi connectivity index (χ3v) is 2.93. The Morgan fingerprint density at radius 2 is 2.11 bits per heavy atom. The summed E-state index contributed by atoms with van der Waals surface area (Å²) >= 11 is 0. The zero-order valence-electron chi connectivity index (χ0n) is 11.4. The van der Waals surface area contributed by atoms with Crippen molar-refractivity contribution in [1.29, 1.82) is 0 Å². The van der Waals surface area contributed by atoms with Crippen molar-refractivity contribution in [3.8, 4) is 0 Å². The van der Waals surface area contributed by atoms with Crippen LogP contribution >= 0.6 is 0 Å². The maximum Gasteiger partial charge on any atom is 0.243 e. The maximum atomic E-state index is 6.01. The third kappa shape index (κ3) is 4.72. The lowest BCUT2D eigenvalue weighted by atomic mass is 10.0. The molecule has 18 heavy (non-hydrogen) atoms. The van der Waals surface area contributed by atoms with Crippen molar-refractivity contribution >= 4 is 0 Å². The van der Waals surface area contributed by atoms with Crippen molar-refractivity contribution in [1.82, 2.24) is 10.1 Å². The van der Waals surface area contributed by atoms with Gasteiger partial charge in [0.1, 0.15) is 0 Å². The van der Waals surface area contributed by atoms with Gasteiger partial charge in [0.15, 0.2) is 5.82 Å². The minimum absolute atomic E-state index is 0.189. The van der Waals surface area contributed by atoms with Gasteiger partial charge in [0.2, 0.25) is 5.89 Å². The normalized spacial score (nSPS) is 14.7. The predicted octanol–water partition coefficient (Wildman–Crippen LogP) is 1.32. The first-order chi connectivity index (χ1) is 8.69.